The van der Waals surface area contributed by atoms with Crippen LogP contribution in [0.3, 0.4) is 0 Å². The second-order valence-corrected chi connectivity index (χ2v) is 5.15. The fraction of sp³-hybridized carbons (Fsp3) is 0.133. The van der Waals surface area contributed by atoms with Gasteiger partial charge in [-0.05, 0) is 41.8 Å². The minimum Gasteiger partial charge on any atom is -0.481 e. The number of carboxylic acid groups (broad SMARTS) is 1. The largest absolute Gasteiger partial charge is 0.481 e. The summed E-state index contributed by atoms with van der Waals surface area (Å²) < 4.78 is 0. The van der Waals surface area contributed by atoms with Crippen LogP contribution in [0.4, 0.5) is 0 Å². The first-order valence-electron chi connectivity index (χ1n) is 5.79. The Kier molecular flexibility index (Phi) is 4.46. The molecule has 0 heterocycles. The van der Waals surface area contributed by atoms with E-state index >= 15 is 0 Å². The molecule has 0 spiro atoms. The monoisotopic (exact) mass is 294 g/mol. The number of rotatable bonds is 4. The van der Waals surface area contributed by atoms with Gasteiger partial charge in [0.05, 0.1) is 5.92 Å². The molecule has 0 bridgehead atoms. The van der Waals surface area contributed by atoms with E-state index in [0.29, 0.717) is 16.5 Å². The zero-order chi connectivity index (χ0) is 13.8. The van der Waals surface area contributed by atoms with E-state index in [1.807, 2.05) is 12.1 Å². The van der Waals surface area contributed by atoms with Crippen LogP contribution in [-0.4, -0.2) is 11.1 Å². The van der Waals surface area contributed by atoms with Gasteiger partial charge >= 0.3 is 5.97 Å². The highest BCUT2D eigenvalue weighted by atomic mass is 35.5. The molecule has 0 aliphatic rings. The van der Waals surface area contributed by atoms with E-state index in [4.69, 9.17) is 23.2 Å². The van der Waals surface area contributed by atoms with Gasteiger partial charge in [-0.25, -0.2) is 0 Å². The summed E-state index contributed by atoms with van der Waals surface area (Å²) in [4.78, 5) is 11.4. The Hall–Kier alpha value is -1.51. The van der Waals surface area contributed by atoms with Crippen LogP contribution < -0.4 is 0 Å². The lowest BCUT2D eigenvalue weighted by atomic mass is 9.92. The Labute approximate surface area is 121 Å². The lowest BCUT2D eigenvalue weighted by Crippen LogP contribution is -2.14. The van der Waals surface area contributed by atoms with Gasteiger partial charge in [0.1, 0.15) is 0 Å². The van der Waals surface area contributed by atoms with Gasteiger partial charge in [0.2, 0.25) is 0 Å². The molecule has 2 aromatic rings. The van der Waals surface area contributed by atoms with Crippen molar-refractivity contribution in [3.63, 3.8) is 0 Å². The third-order valence-electron chi connectivity index (χ3n) is 2.90. The second kappa shape index (κ2) is 6.09. The molecule has 0 aromatic heterocycles. The average Bonchev–Trinajstić information content (AvgIpc) is 2.37. The maximum Gasteiger partial charge on any atom is 0.311 e. The quantitative estimate of drug-likeness (QED) is 0.907. The second-order valence-electron chi connectivity index (χ2n) is 4.28. The molecule has 98 valence electrons. The smallest absolute Gasteiger partial charge is 0.311 e. The first-order valence-corrected chi connectivity index (χ1v) is 6.54. The number of hydrogen-bond acceptors (Lipinski definition) is 1. The number of benzene rings is 2. The molecule has 0 radical (unpaired) electrons. The van der Waals surface area contributed by atoms with Crippen LogP contribution in [0.5, 0.6) is 0 Å². The van der Waals surface area contributed by atoms with Crippen molar-refractivity contribution in [1.82, 2.24) is 0 Å². The molecular formula is C15H12Cl2O2. The molecule has 2 rings (SSSR count). The van der Waals surface area contributed by atoms with Gasteiger partial charge in [0.25, 0.3) is 0 Å². The zero-order valence-electron chi connectivity index (χ0n) is 10.0. The minimum atomic E-state index is -0.859. The van der Waals surface area contributed by atoms with E-state index in [9.17, 15) is 9.90 Å². The highest BCUT2D eigenvalue weighted by molar-refractivity contribution is 6.30. The Morgan fingerprint density at radius 3 is 2.32 bits per heavy atom. The third kappa shape index (κ3) is 3.72. The standard InChI is InChI=1S/C15H12Cl2O2/c16-12-6-4-11(5-7-12)14(15(18)19)9-10-2-1-3-13(17)8-10/h1-8,14H,9H2,(H,18,19). The Morgan fingerprint density at radius 2 is 1.74 bits per heavy atom. The van der Waals surface area contributed by atoms with E-state index < -0.39 is 11.9 Å². The van der Waals surface area contributed by atoms with Gasteiger partial charge in [-0.15, -0.1) is 0 Å². The summed E-state index contributed by atoms with van der Waals surface area (Å²) in [7, 11) is 0. The van der Waals surface area contributed by atoms with Crippen molar-refractivity contribution in [2.24, 2.45) is 0 Å². The van der Waals surface area contributed by atoms with Crippen molar-refractivity contribution in [1.29, 1.82) is 0 Å². The van der Waals surface area contributed by atoms with Crippen LogP contribution in [0, 0.1) is 0 Å². The highest BCUT2D eigenvalue weighted by Gasteiger charge is 2.20. The van der Waals surface area contributed by atoms with E-state index in [1.54, 1.807) is 36.4 Å². The Morgan fingerprint density at radius 1 is 1.05 bits per heavy atom. The Bertz CT molecular complexity index is 579. The van der Waals surface area contributed by atoms with Crippen LogP contribution in [0.25, 0.3) is 0 Å². The maximum absolute atomic E-state index is 11.4. The molecule has 1 N–H and O–H groups in total. The van der Waals surface area contributed by atoms with Crippen molar-refractivity contribution < 1.29 is 9.90 Å². The molecule has 0 saturated heterocycles. The molecular weight excluding hydrogens is 283 g/mol. The first kappa shape index (κ1) is 13.9. The number of carbonyl (C=O) groups is 1. The van der Waals surface area contributed by atoms with Crippen molar-refractivity contribution in [2.75, 3.05) is 0 Å². The molecule has 0 aliphatic carbocycles. The lowest BCUT2D eigenvalue weighted by molar-refractivity contribution is -0.138. The molecule has 0 fully saturated rings. The Balaban J connectivity index is 2.26. The van der Waals surface area contributed by atoms with Gasteiger partial charge in [-0.1, -0.05) is 47.5 Å². The number of aliphatic carboxylic acids is 1. The van der Waals surface area contributed by atoms with Crippen LogP contribution in [0.15, 0.2) is 48.5 Å². The maximum atomic E-state index is 11.4. The van der Waals surface area contributed by atoms with E-state index in [-0.39, 0.29) is 0 Å². The lowest BCUT2D eigenvalue weighted by Gasteiger charge is -2.13. The fourth-order valence-corrected chi connectivity index (χ4v) is 2.28. The van der Waals surface area contributed by atoms with Gasteiger partial charge in [-0.2, -0.15) is 0 Å². The van der Waals surface area contributed by atoms with Gasteiger partial charge in [-0.3, -0.25) is 4.79 Å². The molecule has 1 atom stereocenters. The predicted molar refractivity (Wildman–Crippen MR) is 77.0 cm³/mol. The van der Waals surface area contributed by atoms with Crippen LogP contribution in [-0.2, 0) is 11.2 Å². The summed E-state index contributed by atoms with van der Waals surface area (Å²) in [6.07, 6.45) is 0.400. The van der Waals surface area contributed by atoms with Crippen molar-refractivity contribution >= 4 is 29.2 Å². The summed E-state index contributed by atoms with van der Waals surface area (Å²) in [6.45, 7) is 0. The number of carboxylic acids is 1. The van der Waals surface area contributed by atoms with Gasteiger partial charge in [0.15, 0.2) is 0 Å². The molecule has 0 amide bonds. The van der Waals surface area contributed by atoms with Crippen molar-refractivity contribution in [3.8, 4) is 0 Å². The van der Waals surface area contributed by atoms with E-state index in [0.717, 1.165) is 11.1 Å². The number of halogens is 2. The van der Waals surface area contributed by atoms with Crippen molar-refractivity contribution in [3.05, 3.63) is 69.7 Å². The van der Waals surface area contributed by atoms with Gasteiger partial charge < -0.3 is 5.11 Å². The minimum absolute atomic E-state index is 0.400. The van der Waals surface area contributed by atoms with Crippen LogP contribution in [0.1, 0.15) is 17.0 Å². The van der Waals surface area contributed by atoms with Gasteiger partial charge in [0, 0.05) is 10.0 Å². The number of hydrogen-bond donors (Lipinski definition) is 1. The summed E-state index contributed by atoms with van der Waals surface area (Å²) in [5, 5.41) is 10.6. The summed E-state index contributed by atoms with van der Waals surface area (Å²) in [5.74, 6) is -1.46. The normalized spacial score (nSPS) is 12.1. The summed E-state index contributed by atoms with van der Waals surface area (Å²) >= 11 is 11.7. The molecule has 2 aromatic carbocycles. The van der Waals surface area contributed by atoms with Crippen molar-refractivity contribution in [2.45, 2.75) is 12.3 Å². The molecule has 4 heteroatoms. The molecule has 2 nitrogen and oxygen atoms in total. The highest BCUT2D eigenvalue weighted by Crippen LogP contribution is 2.24. The molecule has 19 heavy (non-hydrogen) atoms. The van der Waals surface area contributed by atoms with Crippen LogP contribution >= 0.6 is 23.2 Å². The zero-order valence-corrected chi connectivity index (χ0v) is 11.5. The molecule has 0 aliphatic heterocycles. The van der Waals surface area contributed by atoms with E-state index in [1.165, 1.54) is 0 Å². The SMILES string of the molecule is O=C(O)C(Cc1cccc(Cl)c1)c1ccc(Cl)cc1. The fourth-order valence-electron chi connectivity index (χ4n) is 1.94. The van der Waals surface area contributed by atoms with Crippen LogP contribution in [0.2, 0.25) is 10.0 Å². The van der Waals surface area contributed by atoms with E-state index in [2.05, 4.69) is 0 Å². The molecule has 0 saturated carbocycles. The third-order valence-corrected chi connectivity index (χ3v) is 3.39. The molecule has 1 unspecified atom stereocenters. The first-order chi connectivity index (χ1) is 9.06. The predicted octanol–water partition coefficient (Wildman–Crippen LogP) is 4.40. The topological polar surface area (TPSA) is 37.3 Å². The summed E-state index contributed by atoms with van der Waals surface area (Å²) in [6, 6.07) is 14.1. The summed E-state index contributed by atoms with van der Waals surface area (Å²) in [5.41, 5.74) is 1.63. The average molecular weight is 295 g/mol.